The predicted octanol–water partition coefficient (Wildman–Crippen LogP) is 20.4. The fraction of sp³-hybridized carbons (Fsp3) is 0.944. The number of hydrogen-bond donors (Lipinski definition) is 3. The summed E-state index contributed by atoms with van der Waals surface area (Å²) in [5.41, 5.74) is 0. The lowest BCUT2D eigenvalue weighted by atomic mass is 10.00. The second kappa shape index (κ2) is 63.1. The molecule has 0 aliphatic rings. The molecule has 19 heteroatoms. The van der Waals surface area contributed by atoms with E-state index in [0.29, 0.717) is 25.7 Å². The van der Waals surface area contributed by atoms with Crippen LogP contribution in [0.2, 0.25) is 0 Å². The molecule has 0 aliphatic carbocycles. The molecule has 0 amide bonds. The van der Waals surface area contributed by atoms with E-state index >= 15 is 0 Å². The number of ether oxygens (including phenoxy) is 4. The van der Waals surface area contributed by atoms with Crippen LogP contribution in [0.1, 0.15) is 363 Å². The molecule has 534 valence electrons. The number of aliphatic hydroxyl groups excluding tert-OH is 1. The molecule has 3 unspecified atom stereocenters. The average molecular weight is 1330 g/mol. The maximum atomic E-state index is 13.0. The largest absolute Gasteiger partial charge is 0.472 e. The van der Waals surface area contributed by atoms with Crippen LogP contribution in [0.25, 0.3) is 0 Å². The van der Waals surface area contributed by atoms with Gasteiger partial charge in [-0.2, -0.15) is 0 Å². The molecule has 0 aliphatic heterocycles. The van der Waals surface area contributed by atoms with Crippen molar-refractivity contribution in [1.29, 1.82) is 0 Å². The zero-order valence-electron chi connectivity index (χ0n) is 58.4. The third kappa shape index (κ3) is 63.5. The lowest BCUT2D eigenvalue weighted by molar-refractivity contribution is -0.161. The van der Waals surface area contributed by atoms with Crippen molar-refractivity contribution in [1.82, 2.24) is 0 Å². The molecule has 90 heavy (non-hydrogen) atoms. The maximum absolute atomic E-state index is 13.0. The lowest BCUT2D eigenvalue weighted by Crippen LogP contribution is -2.30. The number of unbranched alkanes of at least 4 members (excludes halogenated alkanes) is 39. The zero-order valence-corrected chi connectivity index (χ0v) is 60.2. The minimum absolute atomic E-state index is 0.102. The van der Waals surface area contributed by atoms with Crippen LogP contribution in [-0.2, 0) is 65.4 Å². The number of esters is 4. The average Bonchev–Trinajstić information content (AvgIpc) is 3.11. The normalized spacial score (nSPS) is 14.4. The molecule has 0 saturated heterocycles. The molecule has 0 bridgehead atoms. The van der Waals surface area contributed by atoms with E-state index in [1.807, 2.05) is 0 Å². The Bertz CT molecular complexity index is 1750. The van der Waals surface area contributed by atoms with Crippen molar-refractivity contribution in [3.63, 3.8) is 0 Å². The number of phosphoric acid groups is 2. The van der Waals surface area contributed by atoms with Gasteiger partial charge in [0.15, 0.2) is 12.2 Å². The highest BCUT2D eigenvalue weighted by molar-refractivity contribution is 7.47. The van der Waals surface area contributed by atoms with E-state index in [0.717, 1.165) is 108 Å². The molecule has 0 rings (SSSR count). The van der Waals surface area contributed by atoms with Crippen LogP contribution >= 0.6 is 15.6 Å². The van der Waals surface area contributed by atoms with Crippen molar-refractivity contribution < 1.29 is 80.2 Å². The molecular formula is C71H138O17P2. The Hall–Kier alpha value is -1.94. The maximum Gasteiger partial charge on any atom is 0.472 e. The van der Waals surface area contributed by atoms with Gasteiger partial charge in [0, 0.05) is 25.7 Å². The highest BCUT2D eigenvalue weighted by Crippen LogP contribution is 2.45. The van der Waals surface area contributed by atoms with Crippen LogP contribution in [-0.4, -0.2) is 96.7 Å². The minimum Gasteiger partial charge on any atom is -0.462 e. The van der Waals surface area contributed by atoms with Gasteiger partial charge in [0.05, 0.1) is 26.4 Å². The summed E-state index contributed by atoms with van der Waals surface area (Å²) in [5, 5.41) is 10.6. The summed E-state index contributed by atoms with van der Waals surface area (Å²) in [4.78, 5) is 72.3. The third-order valence-electron chi connectivity index (χ3n) is 16.8. The molecule has 0 aromatic heterocycles. The van der Waals surface area contributed by atoms with Crippen molar-refractivity contribution in [2.24, 2.45) is 11.8 Å². The van der Waals surface area contributed by atoms with Crippen molar-refractivity contribution in [3.8, 4) is 0 Å². The van der Waals surface area contributed by atoms with Gasteiger partial charge in [-0.3, -0.25) is 37.3 Å². The van der Waals surface area contributed by atoms with Gasteiger partial charge in [0.2, 0.25) is 0 Å². The summed E-state index contributed by atoms with van der Waals surface area (Å²) >= 11 is 0. The van der Waals surface area contributed by atoms with E-state index in [9.17, 15) is 43.2 Å². The smallest absolute Gasteiger partial charge is 0.462 e. The van der Waals surface area contributed by atoms with E-state index < -0.39 is 97.5 Å². The molecular weight excluding hydrogens is 1190 g/mol. The zero-order chi connectivity index (χ0) is 66.5. The standard InChI is InChI=1S/C71H138O17P2/c1-7-10-12-14-15-16-17-18-19-20-23-26-29-32-35-42-48-54-69(74)82-60-67(87-70(75)55-49-43-36-33-30-27-24-21-22-25-28-31-34-40-45-51-63(4)5)62-86-90(79,80)84-58-65(72)57-83-89(77,78)85-61-66(59-81-68(73)53-47-39-13-11-8-2)88-71(76)56-50-44-38-37-41-46-52-64(6)9-3/h63-67,72H,7-62H2,1-6H3,(H,77,78)(H,79,80)/t64?,65-,66+,67+/m0/s1. The second-order valence-electron chi connectivity index (χ2n) is 26.3. The molecule has 3 N–H and O–H groups in total. The molecule has 0 aromatic rings. The van der Waals surface area contributed by atoms with Gasteiger partial charge in [-0.05, 0) is 37.5 Å². The van der Waals surface area contributed by atoms with E-state index in [1.54, 1.807) is 0 Å². The summed E-state index contributed by atoms with van der Waals surface area (Å²) < 4.78 is 68.1. The van der Waals surface area contributed by atoms with Crippen molar-refractivity contribution in [3.05, 3.63) is 0 Å². The number of rotatable bonds is 70. The second-order valence-corrected chi connectivity index (χ2v) is 29.3. The van der Waals surface area contributed by atoms with Crippen molar-refractivity contribution in [2.45, 2.75) is 381 Å². The number of phosphoric ester groups is 2. The van der Waals surface area contributed by atoms with E-state index in [4.69, 9.17) is 37.0 Å². The van der Waals surface area contributed by atoms with Crippen molar-refractivity contribution >= 4 is 39.5 Å². The molecule has 0 spiro atoms. The van der Waals surface area contributed by atoms with Gasteiger partial charge >= 0.3 is 39.5 Å². The number of hydrogen-bond acceptors (Lipinski definition) is 15. The molecule has 0 radical (unpaired) electrons. The Labute approximate surface area is 549 Å². The Kier molecular flexibility index (Phi) is 61.8. The number of carbonyl (C=O) groups excluding carboxylic acids is 4. The predicted molar refractivity (Wildman–Crippen MR) is 363 cm³/mol. The van der Waals surface area contributed by atoms with Gasteiger partial charge in [-0.15, -0.1) is 0 Å². The fourth-order valence-corrected chi connectivity index (χ4v) is 12.3. The summed E-state index contributed by atoms with van der Waals surface area (Å²) in [5.74, 6) is -0.613. The van der Waals surface area contributed by atoms with E-state index in [-0.39, 0.29) is 25.7 Å². The Morgan fingerprint density at radius 2 is 0.567 bits per heavy atom. The van der Waals surface area contributed by atoms with E-state index in [1.165, 1.54) is 173 Å². The van der Waals surface area contributed by atoms with Gasteiger partial charge in [0.1, 0.15) is 19.3 Å². The van der Waals surface area contributed by atoms with Crippen LogP contribution in [0, 0.1) is 11.8 Å². The van der Waals surface area contributed by atoms with E-state index in [2.05, 4.69) is 41.5 Å². The highest BCUT2D eigenvalue weighted by Gasteiger charge is 2.30. The van der Waals surface area contributed by atoms with Gasteiger partial charge < -0.3 is 33.8 Å². The van der Waals surface area contributed by atoms with Gasteiger partial charge in [0.25, 0.3) is 0 Å². The minimum atomic E-state index is -4.95. The quantitative estimate of drug-likeness (QED) is 0.0222. The van der Waals surface area contributed by atoms with Crippen LogP contribution in [0.3, 0.4) is 0 Å². The molecule has 17 nitrogen and oxygen atoms in total. The van der Waals surface area contributed by atoms with Crippen LogP contribution in [0.4, 0.5) is 0 Å². The van der Waals surface area contributed by atoms with Crippen molar-refractivity contribution in [2.75, 3.05) is 39.6 Å². The Morgan fingerprint density at radius 1 is 0.322 bits per heavy atom. The van der Waals surface area contributed by atoms with Crippen LogP contribution in [0.5, 0.6) is 0 Å². The monoisotopic (exact) mass is 1320 g/mol. The summed E-state index contributed by atoms with van der Waals surface area (Å²) in [7, 11) is -9.89. The number of aliphatic hydroxyl groups is 1. The number of carbonyl (C=O) groups is 4. The summed E-state index contributed by atoms with van der Waals surface area (Å²) in [6, 6.07) is 0. The van der Waals surface area contributed by atoms with Gasteiger partial charge in [-0.25, -0.2) is 9.13 Å². The third-order valence-corrected chi connectivity index (χ3v) is 18.7. The lowest BCUT2D eigenvalue weighted by Gasteiger charge is -2.21. The first-order valence-electron chi connectivity index (χ1n) is 37.0. The Balaban J connectivity index is 5.15. The first kappa shape index (κ1) is 88.1. The molecule has 6 atom stereocenters. The highest BCUT2D eigenvalue weighted by atomic mass is 31.2. The molecule has 0 fully saturated rings. The fourth-order valence-electron chi connectivity index (χ4n) is 10.7. The topological polar surface area (TPSA) is 237 Å². The van der Waals surface area contributed by atoms with Gasteiger partial charge in [-0.1, -0.05) is 311 Å². The Morgan fingerprint density at radius 3 is 0.844 bits per heavy atom. The first-order chi connectivity index (χ1) is 43.4. The first-order valence-corrected chi connectivity index (χ1v) is 40.0. The summed E-state index contributed by atoms with van der Waals surface area (Å²) in [6.07, 6.45) is 49.1. The van der Waals surface area contributed by atoms with Crippen LogP contribution < -0.4 is 0 Å². The molecule has 0 heterocycles. The molecule has 0 aromatic carbocycles. The SMILES string of the molecule is CCCCCCCCCCCCCCCCCCCC(=O)OC[C@H](COP(=O)(O)OC[C@@H](O)COP(=O)(O)OC[C@@H](COC(=O)CCCCCCC)OC(=O)CCCCCCCCC(C)CC)OC(=O)CCCCCCCCCCCCCCCCCC(C)C. The summed E-state index contributed by atoms with van der Waals surface area (Å²) in [6.45, 7) is 9.44. The van der Waals surface area contributed by atoms with Crippen LogP contribution in [0.15, 0.2) is 0 Å². The molecule has 0 saturated carbocycles.